The molecule has 0 fully saturated rings. The second kappa shape index (κ2) is 8.74. The lowest BCUT2D eigenvalue weighted by molar-refractivity contribution is 0.194. The molecule has 2 aromatic carbocycles. The number of fused-ring (bicyclic) bond motifs is 1. The lowest BCUT2D eigenvalue weighted by Gasteiger charge is -2.21. The lowest BCUT2D eigenvalue weighted by atomic mass is 10.1. The number of benzene rings is 2. The van der Waals surface area contributed by atoms with Gasteiger partial charge in [0.25, 0.3) is 5.56 Å². The molecule has 1 N–H and O–H groups in total. The third-order valence-electron chi connectivity index (χ3n) is 4.49. The van der Waals surface area contributed by atoms with Gasteiger partial charge in [0.2, 0.25) is 0 Å². The Bertz CT molecular complexity index is 906. The molecule has 1 heterocycles. The number of nitrogens with one attached hydrogen (secondary N) is 1. The van der Waals surface area contributed by atoms with Crippen LogP contribution in [0.2, 0.25) is 0 Å². The molecule has 0 aliphatic rings. The molecule has 0 spiro atoms. The first-order valence-electron chi connectivity index (χ1n) is 9.00. The molecule has 0 saturated heterocycles. The summed E-state index contributed by atoms with van der Waals surface area (Å²) in [6.07, 6.45) is 0.837. The maximum atomic E-state index is 13.2. The Morgan fingerprint density at radius 2 is 1.85 bits per heavy atom. The molecule has 0 radical (unpaired) electrons. The highest BCUT2D eigenvalue weighted by atomic mass is 16.5. The van der Waals surface area contributed by atoms with Crippen molar-refractivity contribution in [2.45, 2.75) is 25.9 Å². The Labute approximate surface area is 153 Å². The molecule has 0 aliphatic heterocycles. The highest BCUT2D eigenvalue weighted by Gasteiger charge is 2.18. The Hall–Kier alpha value is -2.50. The van der Waals surface area contributed by atoms with Crippen LogP contribution in [0.1, 0.15) is 30.8 Å². The smallest absolute Gasteiger partial charge is 0.261 e. The molecule has 136 valence electrons. The Morgan fingerprint density at radius 1 is 1.12 bits per heavy atom. The SMILES string of the molecule is CC[C@H](NCCOC)c1nc2ccccc2c(=O)n1Cc1ccccc1. The largest absolute Gasteiger partial charge is 0.383 e. The van der Waals surface area contributed by atoms with Crippen molar-refractivity contribution in [1.29, 1.82) is 0 Å². The molecular weight excluding hydrogens is 326 g/mol. The van der Waals surface area contributed by atoms with E-state index in [2.05, 4.69) is 12.2 Å². The molecule has 1 aromatic heterocycles. The monoisotopic (exact) mass is 351 g/mol. The first-order chi connectivity index (χ1) is 12.7. The van der Waals surface area contributed by atoms with Gasteiger partial charge in [0.05, 0.1) is 30.1 Å². The third-order valence-corrected chi connectivity index (χ3v) is 4.49. The van der Waals surface area contributed by atoms with Gasteiger partial charge in [-0.1, -0.05) is 49.4 Å². The zero-order valence-electron chi connectivity index (χ0n) is 15.3. The Kier molecular flexibility index (Phi) is 6.15. The van der Waals surface area contributed by atoms with E-state index in [0.29, 0.717) is 25.1 Å². The number of rotatable bonds is 8. The normalized spacial score (nSPS) is 12.4. The number of hydrogen-bond acceptors (Lipinski definition) is 4. The molecule has 0 amide bonds. The quantitative estimate of drug-likeness (QED) is 0.634. The maximum Gasteiger partial charge on any atom is 0.261 e. The number of hydrogen-bond donors (Lipinski definition) is 1. The van der Waals surface area contributed by atoms with Gasteiger partial charge in [-0.2, -0.15) is 0 Å². The van der Waals surface area contributed by atoms with E-state index in [-0.39, 0.29) is 11.6 Å². The van der Waals surface area contributed by atoms with Crippen molar-refractivity contribution < 1.29 is 4.74 Å². The van der Waals surface area contributed by atoms with Crippen molar-refractivity contribution >= 4 is 10.9 Å². The minimum Gasteiger partial charge on any atom is -0.383 e. The fraction of sp³-hybridized carbons (Fsp3) is 0.333. The number of aromatic nitrogens is 2. The van der Waals surface area contributed by atoms with Crippen molar-refractivity contribution in [2.75, 3.05) is 20.3 Å². The summed E-state index contributed by atoms with van der Waals surface area (Å²) in [5.41, 5.74) is 1.82. The van der Waals surface area contributed by atoms with E-state index in [1.54, 1.807) is 11.7 Å². The van der Waals surface area contributed by atoms with Crippen LogP contribution in [-0.2, 0) is 11.3 Å². The predicted molar refractivity (Wildman–Crippen MR) is 104 cm³/mol. The summed E-state index contributed by atoms with van der Waals surface area (Å²) < 4.78 is 6.94. The molecule has 0 bridgehead atoms. The van der Waals surface area contributed by atoms with Crippen LogP contribution < -0.4 is 10.9 Å². The number of methoxy groups -OCH3 is 1. The van der Waals surface area contributed by atoms with Crippen LogP contribution in [0, 0.1) is 0 Å². The zero-order valence-corrected chi connectivity index (χ0v) is 15.3. The lowest BCUT2D eigenvalue weighted by Crippen LogP contribution is -2.33. The number of ether oxygens (including phenoxy) is 1. The van der Waals surface area contributed by atoms with Crippen molar-refractivity contribution in [3.05, 3.63) is 76.3 Å². The van der Waals surface area contributed by atoms with Gasteiger partial charge in [-0.05, 0) is 24.1 Å². The summed E-state index contributed by atoms with van der Waals surface area (Å²) in [6, 6.07) is 17.6. The molecule has 3 rings (SSSR count). The van der Waals surface area contributed by atoms with Crippen molar-refractivity contribution in [3.63, 3.8) is 0 Å². The molecule has 0 saturated carbocycles. The zero-order chi connectivity index (χ0) is 18.4. The molecule has 5 heteroatoms. The van der Waals surface area contributed by atoms with Crippen LogP contribution >= 0.6 is 0 Å². The topological polar surface area (TPSA) is 56.1 Å². The van der Waals surface area contributed by atoms with Gasteiger partial charge in [0, 0.05) is 13.7 Å². The molecule has 5 nitrogen and oxygen atoms in total. The summed E-state index contributed by atoms with van der Waals surface area (Å²) in [7, 11) is 1.68. The second-order valence-corrected chi connectivity index (χ2v) is 6.27. The highest BCUT2D eigenvalue weighted by molar-refractivity contribution is 5.77. The van der Waals surface area contributed by atoms with Gasteiger partial charge in [-0.15, -0.1) is 0 Å². The highest BCUT2D eigenvalue weighted by Crippen LogP contribution is 2.18. The van der Waals surface area contributed by atoms with Crippen molar-refractivity contribution in [2.24, 2.45) is 0 Å². The van der Waals surface area contributed by atoms with Crippen LogP contribution in [-0.4, -0.2) is 29.8 Å². The summed E-state index contributed by atoms with van der Waals surface area (Å²) in [5, 5.41) is 4.11. The molecule has 26 heavy (non-hydrogen) atoms. The number of nitrogens with zero attached hydrogens (tertiary/aromatic N) is 2. The van der Waals surface area contributed by atoms with Crippen LogP contribution in [0.5, 0.6) is 0 Å². The number of para-hydroxylation sites is 1. The van der Waals surface area contributed by atoms with Crippen molar-refractivity contribution in [1.82, 2.24) is 14.9 Å². The fourth-order valence-electron chi connectivity index (χ4n) is 3.12. The Morgan fingerprint density at radius 3 is 2.58 bits per heavy atom. The average Bonchev–Trinajstić information content (AvgIpc) is 2.68. The summed E-state index contributed by atoms with van der Waals surface area (Å²) in [5.74, 6) is 0.774. The molecule has 3 aromatic rings. The Balaban J connectivity index is 2.09. The first kappa shape index (κ1) is 18.3. The van der Waals surface area contributed by atoms with E-state index in [0.717, 1.165) is 23.3 Å². The predicted octanol–water partition coefficient (Wildman–Crippen LogP) is 3.13. The summed E-state index contributed by atoms with van der Waals surface area (Å²) >= 11 is 0. The van der Waals surface area contributed by atoms with E-state index in [1.165, 1.54) is 0 Å². The van der Waals surface area contributed by atoms with E-state index in [9.17, 15) is 4.79 Å². The first-order valence-corrected chi connectivity index (χ1v) is 9.00. The van der Waals surface area contributed by atoms with E-state index in [4.69, 9.17) is 9.72 Å². The van der Waals surface area contributed by atoms with Crippen molar-refractivity contribution in [3.8, 4) is 0 Å². The molecule has 0 aliphatic carbocycles. The fourth-order valence-corrected chi connectivity index (χ4v) is 3.12. The molecule has 0 unspecified atom stereocenters. The van der Waals surface area contributed by atoms with Crippen LogP contribution in [0.25, 0.3) is 10.9 Å². The van der Waals surface area contributed by atoms with E-state index in [1.807, 2.05) is 54.6 Å². The third kappa shape index (κ3) is 4.00. The standard InChI is InChI=1S/C21H25N3O2/c1-3-18(22-13-14-26-2)20-23-19-12-8-7-11-17(19)21(25)24(20)15-16-9-5-4-6-10-16/h4-12,18,22H,3,13-15H2,1-2H3/t18-/m0/s1. The molecule has 1 atom stereocenters. The van der Waals surface area contributed by atoms with E-state index >= 15 is 0 Å². The minimum absolute atomic E-state index is 0.00134. The van der Waals surface area contributed by atoms with Crippen LogP contribution in [0.4, 0.5) is 0 Å². The van der Waals surface area contributed by atoms with Gasteiger partial charge in [0.15, 0.2) is 0 Å². The maximum absolute atomic E-state index is 13.2. The second-order valence-electron chi connectivity index (χ2n) is 6.27. The van der Waals surface area contributed by atoms with Gasteiger partial charge in [-0.3, -0.25) is 9.36 Å². The van der Waals surface area contributed by atoms with Gasteiger partial charge in [-0.25, -0.2) is 4.98 Å². The minimum atomic E-state index is -0.00818. The van der Waals surface area contributed by atoms with Gasteiger partial charge >= 0.3 is 0 Å². The summed E-state index contributed by atoms with van der Waals surface area (Å²) in [6.45, 7) is 3.93. The van der Waals surface area contributed by atoms with Gasteiger partial charge in [0.1, 0.15) is 5.82 Å². The van der Waals surface area contributed by atoms with Crippen LogP contribution in [0.3, 0.4) is 0 Å². The molecular formula is C21H25N3O2. The average molecular weight is 351 g/mol. The van der Waals surface area contributed by atoms with Crippen LogP contribution in [0.15, 0.2) is 59.4 Å². The van der Waals surface area contributed by atoms with E-state index < -0.39 is 0 Å². The summed E-state index contributed by atoms with van der Waals surface area (Å²) in [4.78, 5) is 18.0. The van der Waals surface area contributed by atoms with Gasteiger partial charge < -0.3 is 10.1 Å².